The Hall–Kier alpha value is -1.06. The van der Waals surface area contributed by atoms with Crippen LogP contribution in [0.4, 0.5) is 0 Å². The van der Waals surface area contributed by atoms with Crippen molar-refractivity contribution in [3.8, 4) is 5.75 Å². The predicted octanol–water partition coefficient (Wildman–Crippen LogP) is 2.43. The molecule has 94 valence electrons. The normalized spacial score (nSPS) is 19.0. The zero-order chi connectivity index (χ0) is 12.3. The van der Waals surface area contributed by atoms with E-state index >= 15 is 0 Å². The van der Waals surface area contributed by atoms with E-state index in [0.29, 0.717) is 5.92 Å². The van der Waals surface area contributed by atoms with Gasteiger partial charge >= 0.3 is 0 Å². The van der Waals surface area contributed by atoms with Crippen molar-refractivity contribution in [3.63, 3.8) is 0 Å². The summed E-state index contributed by atoms with van der Waals surface area (Å²) in [5, 5.41) is 0. The number of ether oxygens (including phenoxy) is 2. The molecule has 0 unspecified atom stereocenters. The van der Waals surface area contributed by atoms with Gasteiger partial charge in [0.2, 0.25) is 0 Å². The molecule has 0 aromatic heterocycles. The first kappa shape index (κ1) is 12.4. The molecule has 1 heterocycles. The van der Waals surface area contributed by atoms with Gasteiger partial charge in [-0.15, -0.1) is 0 Å². The highest BCUT2D eigenvalue weighted by Crippen LogP contribution is 2.30. The lowest BCUT2D eigenvalue weighted by Gasteiger charge is -2.28. The fourth-order valence-corrected chi connectivity index (χ4v) is 2.46. The lowest BCUT2D eigenvalue weighted by Crippen LogP contribution is -2.27. The molecule has 2 rings (SSSR count). The van der Waals surface area contributed by atoms with Gasteiger partial charge in [-0.1, -0.05) is 12.1 Å². The molecule has 2 N–H and O–H groups in total. The van der Waals surface area contributed by atoms with Crippen molar-refractivity contribution in [2.45, 2.75) is 25.8 Å². The molecule has 0 aliphatic carbocycles. The van der Waals surface area contributed by atoms with Gasteiger partial charge in [0.05, 0.1) is 7.11 Å². The maximum atomic E-state index is 6.33. The first-order valence-corrected chi connectivity index (χ1v) is 6.20. The molecule has 0 radical (unpaired) electrons. The van der Waals surface area contributed by atoms with Crippen LogP contribution in [-0.2, 0) is 4.74 Å². The Balaban J connectivity index is 2.12. The minimum absolute atomic E-state index is 0.114. The van der Waals surface area contributed by atoms with Gasteiger partial charge < -0.3 is 15.2 Å². The van der Waals surface area contributed by atoms with Crippen LogP contribution in [0.2, 0.25) is 0 Å². The summed E-state index contributed by atoms with van der Waals surface area (Å²) in [4.78, 5) is 0. The second-order valence-corrected chi connectivity index (χ2v) is 4.70. The molecule has 0 amide bonds. The average Bonchev–Trinajstić information content (AvgIpc) is 2.39. The Bertz CT molecular complexity index is 372. The zero-order valence-electron chi connectivity index (χ0n) is 10.6. The summed E-state index contributed by atoms with van der Waals surface area (Å²) >= 11 is 0. The van der Waals surface area contributed by atoms with Gasteiger partial charge in [-0.25, -0.2) is 0 Å². The van der Waals surface area contributed by atoms with E-state index in [1.54, 1.807) is 7.11 Å². The molecular weight excluding hydrogens is 214 g/mol. The average molecular weight is 235 g/mol. The molecule has 1 aromatic rings. The molecule has 0 bridgehead atoms. The summed E-state index contributed by atoms with van der Waals surface area (Å²) in [6.07, 6.45) is 2.12. The number of rotatable bonds is 3. The number of hydrogen-bond acceptors (Lipinski definition) is 3. The first-order chi connectivity index (χ1) is 8.22. The lowest BCUT2D eigenvalue weighted by molar-refractivity contribution is 0.0583. The van der Waals surface area contributed by atoms with Gasteiger partial charge in [-0.05, 0) is 42.9 Å². The minimum Gasteiger partial charge on any atom is -0.496 e. The van der Waals surface area contributed by atoms with Gasteiger partial charge in [0.15, 0.2) is 0 Å². The highest BCUT2D eigenvalue weighted by atomic mass is 16.5. The minimum atomic E-state index is 0.114. The molecule has 1 aliphatic rings. The highest BCUT2D eigenvalue weighted by molar-refractivity contribution is 5.37. The van der Waals surface area contributed by atoms with E-state index in [-0.39, 0.29) is 6.04 Å². The molecule has 0 spiro atoms. The molecule has 1 aliphatic heterocycles. The second kappa shape index (κ2) is 5.52. The van der Waals surface area contributed by atoms with Crippen LogP contribution in [0, 0.1) is 12.8 Å². The van der Waals surface area contributed by atoms with Crippen LogP contribution >= 0.6 is 0 Å². The van der Waals surface area contributed by atoms with Crippen LogP contribution in [-0.4, -0.2) is 20.3 Å². The monoisotopic (exact) mass is 235 g/mol. The number of nitrogens with two attached hydrogens (primary N) is 1. The summed E-state index contributed by atoms with van der Waals surface area (Å²) in [5.74, 6) is 1.46. The first-order valence-electron chi connectivity index (χ1n) is 6.20. The van der Waals surface area contributed by atoms with Crippen LogP contribution in [0.25, 0.3) is 0 Å². The molecule has 3 heteroatoms. The summed E-state index contributed by atoms with van der Waals surface area (Å²) in [6, 6.07) is 6.33. The maximum absolute atomic E-state index is 6.33. The summed E-state index contributed by atoms with van der Waals surface area (Å²) in [6.45, 7) is 3.74. The maximum Gasteiger partial charge on any atom is 0.121 e. The van der Waals surface area contributed by atoms with E-state index in [4.69, 9.17) is 15.2 Å². The Morgan fingerprint density at radius 1 is 1.35 bits per heavy atom. The lowest BCUT2D eigenvalue weighted by atomic mass is 9.87. The SMILES string of the molecule is COc1ccc([C@@H](N)C2CCOCC2)cc1C. The number of methoxy groups -OCH3 is 1. The topological polar surface area (TPSA) is 44.5 Å². The van der Waals surface area contributed by atoms with Crippen LogP contribution in [0.1, 0.15) is 30.0 Å². The van der Waals surface area contributed by atoms with Crippen molar-refractivity contribution >= 4 is 0 Å². The zero-order valence-corrected chi connectivity index (χ0v) is 10.6. The summed E-state index contributed by atoms with van der Waals surface area (Å²) in [7, 11) is 1.69. The van der Waals surface area contributed by atoms with Crippen LogP contribution in [0.15, 0.2) is 18.2 Å². The number of benzene rings is 1. The summed E-state index contributed by atoms with van der Waals surface area (Å²) < 4.78 is 10.6. The van der Waals surface area contributed by atoms with Gasteiger partial charge in [0.25, 0.3) is 0 Å². The molecule has 17 heavy (non-hydrogen) atoms. The number of hydrogen-bond donors (Lipinski definition) is 1. The molecule has 3 nitrogen and oxygen atoms in total. The van der Waals surface area contributed by atoms with Crippen molar-refractivity contribution in [2.75, 3.05) is 20.3 Å². The molecule has 1 aromatic carbocycles. The molecular formula is C14H21NO2. The molecule has 1 fully saturated rings. The highest BCUT2D eigenvalue weighted by Gasteiger charge is 2.22. The Labute approximate surface area is 103 Å². The van der Waals surface area contributed by atoms with E-state index in [1.807, 2.05) is 6.07 Å². The Morgan fingerprint density at radius 3 is 2.65 bits per heavy atom. The summed E-state index contributed by atoms with van der Waals surface area (Å²) in [5.41, 5.74) is 8.68. The third-order valence-electron chi connectivity index (χ3n) is 3.58. The third kappa shape index (κ3) is 2.79. The van der Waals surface area contributed by atoms with Gasteiger partial charge in [-0.3, -0.25) is 0 Å². The van der Waals surface area contributed by atoms with Crippen LogP contribution < -0.4 is 10.5 Å². The Morgan fingerprint density at radius 2 is 2.06 bits per heavy atom. The van der Waals surface area contributed by atoms with Crippen LogP contribution in [0.3, 0.4) is 0 Å². The van der Waals surface area contributed by atoms with E-state index in [0.717, 1.165) is 37.4 Å². The van der Waals surface area contributed by atoms with Gasteiger partial charge in [0, 0.05) is 19.3 Å². The fourth-order valence-electron chi connectivity index (χ4n) is 2.46. The van der Waals surface area contributed by atoms with Crippen LogP contribution in [0.5, 0.6) is 5.75 Å². The van der Waals surface area contributed by atoms with Crippen molar-refractivity contribution < 1.29 is 9.47 Å². The van der Waals surface area contributed by atoms with Crippen molar-refractivity contribution in [2.24, 2.45) is 11.7 Å². The van der Waals surface area contributed by atoms with Crippen molar-refractivity contribution in [1.29, 1.82) is 0 Å². The molecule has 0 saturated carbocycles. The van der Waals surface area contributed by atoms with Crippen molar-refractivity contribution in [1.82, 2.24) is 0 Å². The van der Waals surface area contributed by atoms with Gasteiger partial charge in [-0.2, -0.15) is 0 Å². The fraction of sp³-hybridized carbons (Fsp3) is 0.571. The second-order valence-electron chi connectivity index (χ2n) is 4.70. The van der Waals surface area contributed by atoms with Crippen molar-refractivity contribution in [3.05, 3.63) is 29.3 Å². The van der Waals surface area contributed by atoms with E-state index in [2.05, 4.69) is 19.1 Å². The quantitative estimate of drug-likeness (QED) is 0.875. The third-order valence-corrected chi connectivity index (χ3v) is 3.58. The smallest absolute Gasteiger partial charge is 0.121 e. The molecule has 1 saturated heterocycles. The van der Waals surface area contributed by atoms with Gasteiger partial charge in [0.1, 0.15) is 5.75 Å². The Kier molecular flexibility index (Phi) is 4.02. The standard InChI is InChI=1S/C14H21NO2/c1-10-9-12(3-4-13(10)16-2)14(15)11-5-7-17-8-6-11/h3-4,9,11,14H,5-8,15H2,1-2H3/t14-/m0/s1. The van der Waals surface area contributed by atoms with E-state index < -0.39 is 0 Å². The molecule has 1 atom stereocenters. The number of aryl methyl sites for hydroxylation is 1. The largest absolute Gasteiger partial charge is 0.496 e. The van der Waals surface area contributed by atoms with E-state index in [9.17, 15) is 0 Å². The predicted molar refractivity (Wildman–Crippen MR) is 68.2 cm³/mol. The van der Waals surface area contributed by atoms with E-state index in [1.165, 1.54) is 5.56 Å².